The number of hydrogen-bond donors (Lipinski definition) is 2. The van der Waals surface area contributed by atoms with Crippen LogP contribution in [-0.2, 0) is 4.79 Å². The van der Waals surface area contributed by atoms with Crippen LogP contribution in [0.15, 0.2) is 16.7 Å². The Hall–Kier alpha value is -1.14. The second kappa shape index (κ2) is 4.27. The first kappa shape index (κ1) is 12.3. The molecule has 0 aliphatic carbocycles. The third-order valence-corrected chi connectivity index (χ3v) is 3.55. The highest BCUT2D eigenvalue weighted by molar-refractivity contribution is 9.10. The van der Waals surface area contributed by atoms with Gasteiger partial charge in [0.2, 0.25) is 0 Å². The number of β-amino-alcohol motifs (C(OH)–C–C–N with tert-alkyl or cyclic N) is 1. The van der Waals surface area contributed by atoms with E-state index in [1.807, 2.05) is 17.9 Å². The van der Waals surface area contributed by atoms with E-state index in [9.17, 15) is 9.90 Å². The van der Waals surface area contributed by atoms with Crippen LogP contribution in [0, 0.1) is 6.92 Å². The molecule has 1 saturated heterocycles. The molecule has 2 heterocycles. The van der Waals surface area contributed by atoms with E-state index in [1.165, 1.54) is 0 Å². The minimum atomic E-state index is -1.44. The van der Waals surface area contributed by atoms with Crippen molar-refractivity contribution in [3.63, 3.8) is 0 Å². The van der Waals surface area contributed by atoms with Gasteiger partial charge < -0.3 is 15.7 Å². The maximum atomic E-state index is 11.2. The standard InChI is InChI=1S/C11H14BrN3O2/c1-7-4-8(12)9(14-5-7)15-3-2-11(17,6-15)10(13)16/h4-5,17H,2-3,6H2,1H3,(H2,13,16). The van der Waals surface area contributed by atoms with Gasteiger partial charge >= 0.3 is 0 Å². The van der Waals surface area contributed by atoms with Crippen LogP contribution in [0.1, 0.15) is 12.0 Å². The Balaban J connectivity index is 2.24. The maximum absolute atomic E-state index is 11.2. The molecule has 1 aromatic heterocycles. The van der Waals surface area contributed by atoms with Gasteiger partial charge in [0.05, 0.1) is 11.0 Å². The topological polar surface area (TPSA) is 79.4 Å². The fourth-order valence-electron chi connectivity index (χ4n) is 1.93. The molecule has 2 rings (SSSR count). The number of aryl methyl sites for hydroxylation is 1. The molecule has 0 spiro atoms. The molecule has 1 unspecified atom stereocenters. The third-order valence-electron chi connectivity index (χ3n) is 2.96. The van der Waals surface area contributed by atoms with Crippen molar-refractivity contribution in [3.8, 4) is 0 Å². The molecule has 3 N–H and O–H groups in total. The highest BCUT2D eigenvalue weighted by Crippen LogP contribution is 2.30. The van der Waals surface area contributed by atoms with Crippen molar-refractivity contribution >= 4 is 27.7 Å². The number of aromatic nitrogens is 1. The second-order valence-electron chi connectivity index (χ2n) is 4.39. The average molecular weight is 300 g/mol. The summed E-state index contributed by atoms with van der Waals surface area (Å²) in [6.07, 6.45) is 2.09. The first-order valence-corrected chi connectivity index (χ1v) is 6.11. The van der Waals surface area contributed by atoms with Gasteiger partial charge in [-0.25, -0.2) is 4.98 Å². The number of anilines is 1. The first-order chi connectivity index (χ1) is 7.92. The monoisotopic (exact) mass is 299 g/mol. The van der Waals surface area contributed by atoms with Gasteiger partial charge in [0.25, 0.3) is 5.91 Å². The molecule has 1 fully saturated rings. The van der Waals surface area contributed by atoms with Crippen LogP contribution in [0.5, 0.6) is 0 Å². The number of carbonyl (C=O) groups is 1. The molecule has 92 valence electrons. The molecule has 1 aromatic rings. The molecule has 5 nitrogen and oxygen atoms in total. The highest BCUT2D eigenvalue weighted by Gasteiger charge is 2.42. The average Bonchev–Trinajstić information content (AvgIpc) is 2.62. The molecule has 6 heteroatoms. The quantitative estimate of drug-likeness (QED) is 0.837. The Morgan fingerprint density at radius 2 is 2.41 bits per heavy atom. The van der Waals surface area contributed by atoms with E-state index in [0.29, 0.717) is 13.0 Å². The van der Waals surface area contributed by atoms with E-state index in [-0.39, 0.29) is 6.54 Å². The maximum Gasteiger partial charge on any atom is 0.251 e. The van der Waals surface area contributed by atoms with Gasteiger partial charge in [0, 0.05) is 19.2 Å². The molecular weight excluding hydrogens is 286 g/mol. The summed E-state index contributed by atoms with van der Waals surface area (Å²) in [6.45, 7) is 2.70. The van der Waals surface area contributed by atoms with E-state index in [2.05, 4.69) is 20.9 Å². The van der Waals surface area contributed by atoms with Crippen molar-refractivity contribution in [2.75, 3.05) is 18.0 Å². The fourth-order valence-corrected chi connectivity index (χ4v) is 2.65. The van der Waals surface area contributed by atoms with Crippen LogP contribution < -0.4 is 10.6 Å². The van der Waals surface area contributed by atoms with Gasteiger partial charge in [-0.05, 0) is 34.5 Å². The summed E-state index contributed by atoms with van der Waals surface area (Å²) >= 11 is 3.43. The molecule has 1 aliphatic rings. The third kappa shape index (κ3) is 2.28. The zero-order chi connectivity index (χ0) is 12.6. The van der Waals surface area contributed by atoms with Crippen LogP contribution in [0.25, 0.3) is 0 Å². The Morgan fingerprint density at radius 3 is 2.94 bits per heavy atom. The minimum Gasteiger partial charge on any atom is -0.378 e. The normalized spacial score (nSPS) is 24.1. The van der Waals surface area contributed by atoms with Crippen molar-refractivity contribution < 1.29 is 9.90 Å². The summed E-state index contributed by atoms with van der Waals surface area (Å²) in [5, 5.41) is 9.99. The van der Waals surface area contributed by atoms with E-state index in [1.54, 1.807) is 6.20 Å². The lowest BCUT2D eigenvalue weighted by molar-refractivity contribution is -0.134. The molecule has 17 heavy (non-hydrogen) atoms. The van der Waals surface area contributed by atoms with Crippen LogP contribution in [0.3, 0.4) is 0 Å². The van der Waals surface area contributed by atoms with Crippen LogP contribution in [0.2, 0.25) is 0 Å². The molecule has 0 saturated carbocycles. The van der Waals surface area contributed by atoms with Crippen LogP contribution >= 0.6 is 15.9 Å². The smallest absolute Gasteiger partial charge is 0.251 e. The number of halogens is 1. The summed E-state index contributed by atoms with van der Waals surface area (Å²) < 4.78 is 0.853. The molecule has 1 amide bonds. The largest absolute Gasteiger partial charge is 0.378 e. The summed E-state index contributed by atoms with van der Waals surface area (Å²) in [5.74, 6) is 0.0519. The zero-order valence-electron chi connectivity index (χ0n) is 9.48. The summed E-state index contributed by atoms with van der Waals surface area (Å²) in [5.41, 5.74) is 4.79. The minimum absolute atomic E-state index is 0.191. The molecular formula is C11H14BrN3O2. The lowest BCUT2D eigenvalue weighted by atomic mass is 10.0. The predicted octanol–water partition coefficient (Wildman–Crippen LogP) is 0.579. The summed E-state index contributed by atoms with van der Waals surface area (Å²) in [4.78, 5) is 17.3. The highest BCUT2D eigenvalue weighted by atomic mass is 79.9. The Labute approximate surface area is 108 Å². The lowest BCUT2D eigenvalue weighted by Crippen LogP contribution is -2.46. The van der Waals surface area contributed by atoms with Crippen molar-refractivity contribution in [3.05, 3.63) is 22.3 Å². The number of aliphatic hydroxyl groups is 1. The van der Waals surface area contributed by atoms with Crippen LogP contribution in [0.4, 0.5) is 5.82 Å². The SMILES string of the molecule is Cc1cnc(N2CCC(O)(C(N)=O)C2)c(Br)c1. The Bertz CT molecular complexity index is 466. The summed E-state index contributed by atoms with van der Waals surface area (Å²) in [7, 11) is 0. The Kier molecular flexibility index (Phi) is 3.09. The van der Waals surface area contributed by atoms with E-state index in [0.717, 1.165) is 15.9 Å². The number of rotatable bonds is 2. The van der Waals surface area contributed by atoms with Gasteiger partial charge in [0.15, 0.2) is 5.60 Å². The first-order valence-electron chi connectivity index (χ1n) is 5.32. The Morgan fingerprint density at radius 1 is 1.71 bits per heavy atom. The van der Waals surface area contributed by atoms with Crippen molar-refractivity contribution in [2.24, 2.45) is 5.73 Å². The molecule has 0 radical (unpaired) electrons. The number of hydrogen-bond acceptors (Lipinski definition) is 4. The second-order valence-corrected chi connectivity index (χ2v) is 5.24. The fraction of sp³-hybridized carbons (Fsp3) is 0.455. The van der Waals surface area contributed by atoms with Crippen molar-refractivity contribution in [2.45, 2.75) is 18.9 Å². The van der Waals surface area contributed by atoms with Crippen molar-refractivity contribution in [1.29, 1.82) is 0 Å². The lowest BCUT2D eigenvalue weighted by Gasteiger charge is -2.21. The number of nitrogens with zero attached hydrogens (tertiary/aromatic N) is 2. The van der Waals surface area contributed by atoms with E-state index >= 15 is 0 Å². The zero-order valence-corrected chi connectivity index (χ0v) is 11.1. The number of carbonyl (C=O) groups excluding carboxylic acids is 1. The number of pyridine rings is 1. The van der Waals surface area contributed by atoms with Gasteiger partial charge in [-0.15, -0.1) is 0 Å². The predicted molar refractivity (Wildman–Crippen MR) is 67.6 cm³/mol. The van der Waals surface area contributed by atoms with Crippen molar-refractivity contribution in [1.82, 2.24) is 4.98 Å². The number of amides is 1. The van der Waals surface area contributed by atoms with Crippen LogP contribution in [-0.4, -0.2) is 34.7 Å². The van der Waals surface area contributed by atoms with Gasteiger partial charge in [-0.2, -0.15) is 0 Å². The molecule has 1 aliphatic heterocycles. The summed E-state index contributed by atoms with van der Waals surface area (Å²) in [6, 6.07) is 1.95. The molecule has 1 atom stereocenters. The van der Waals surface area contributed by atoms with E-state index < -0.39 is 11.5 Å². The number of primary amides is 1. The molecule has 0 aromatic carbocycles. The van der Waals surface area contributed by atoms with Gasteiger partial charge in [0.1, 0.15) is 5.82 Å². The molecule has 0 bridgehead atoms. The van der Waals surface area contributed by atoms with Gasteiger partial charge in [-0.3, -0.25) is 4.79 Å². The number of nitrogens with two attached hydrogens (primary N) is 1. The van der Waals surface area contributed by atoms with Gasteiger partial charge in [-0.1, -0.05) is 0 Å². The van der Waals surface area contributed by atoms with E-state index in [4.69, 9.17) is 5.73 Å².